The van der Waals surface area contributed by atoms with Crippen molar-refractivity contribution in [2.45, 2.75) is 46.5 Å². The predicted octanol–water partition coefficient (Wildman–Crippen LogP) is 12.6. The predicted molar refractivity (Wildman–Crippen MR) is 217 cm³/mol. The number of rotatable bonds is 6. The maximum atomic E-state index is 6.40. The number of hydrogen-bond donors (Lipinski definition) is 0. The van der Waals surface area contributed by atoms with Gasteiger partial charge in [0.25, 0.3) is 0 Å². The van der Waals surface area contributed by atoms with Gasteiger partial charge >= 0.3 is 0 Å². The van der Waals surface area contributed by atoms with Crippen molar-refractivity contribution in [3.8, 4) is 39.5 Å². The third-order valence-electron chi connectivity index (χ3n) is 9.66. The summed E-state index contributed by atoms with van der Waals surface area (Å²) in [5.74, 6) is 1.52. The molecular weight excluding hydrogens is 841 g/mol. The van der Waals surface area contributed by atoms with Gasteiger partial charge in [-0.3, -0.25) is 9.97 Å². The first-order valence-corrected chi connectivity index (χ1v) is 18.2. The van der Waals surface area contributed by atoms with E-state index in [0.29, 0.717) is 11.8 Å². The average Bonchev–Trinajstić information content (AvgIpc) is 3.77. The molecule has 54 heavy (non-hydrogen) atoms. The molecule has 5 aromatic carbocycles. The maximum absolute atomic E-state index is 6.40. The molecule has 0 aliphatic rings. The molecule has 269 valence electrons. The van der Waals surface area contributed by atoms with Gasteiger partial charge in [0, 0.05) is 43.1 Å². The summed E-state index contributed by atoms with van der Waals surface area (Å²) in [5, 5.41) is 2.17. The standard InChI is InChI=1S/C31H28N3O.C17H12N.Ir/c1-18(2)21-11-8-12-22(19(3)4)29(21)34-27-17-32-20(5)16-26(27)33-31(34)25-14-9-13-24-23-10-6-7-15-28(23)35-30(24)25;1-3-7-14(8-4-1)16-11-12-18-17(13-16)15-9-5-2-6-10-15;/h6-13,15-19H,1-5H3;1-9,11-13H;/q2*-1;. The van der Waals surface area contributed by atoms with Crippen molar-refractivity contribution in [1.82, 2.24) is 19.5 Å². The molecule has 5 nitrogen and oxygen atoms in total. The minimum atomic E-state index is 0. The molecule has 0 amide bonds. The van der Waals surface area contributed by atoms with Crippen molar-refractivity contribution >= 4 is 33.0 Å². The molecule has 0 saturated heterocycles. The molecule has 4 heterocycles. The zero-order valence-electron chi connectivity index (χ0n) is 31.0. The van der Waals surface area contributed by atoms with E-state index in [-0.39, 0.29) is 20.1 Å². The van der Waals surface area contributed by atoms with Crippen LogP contribution in [0.25, 0.3) is 72.4 Å². The molecule has 0 unspecified atom stereocenters. The van der Waals surface area contributed by atoms with Gasteiger partial charge in [-0.2, -0.15) is 0 Å². The fraction of sp³-hybridized carbons (Fsp3) is 0.146. The van der Waals surface area contributed by atoms with Crippen LogP contribution in [0.3, 0.4) is 0 Å². The summed E-state index contributed by atoms with van der Waals surface area (Å²) in [6.07, 6.45) is 3.79. The minimum absolute atomic E-state index is 0. The molecule has 0 aliphatic carbocycles. The third-order valence-corrected chi connectivity index (χ3v) is 9.66. The molecule has 0 spiro atoms. The van der Waals surface area contributed by atoms with E-state index in [2.05, 4.69) is 109 Å². The van der Waals surface area contributed by atoms with Crippen LogP contribution in [0.2, 0.25) is 0 Å². The first kappa shape index (κ1) is 36.7. The molecule has 9 rings (SSSR count). The monoisotopic (exact) mass is 881 g/mol. The van der Waals surface area contributed by atoms with E-state index in [1.807, 2.05) is 92.1 Å². The Morgan fingerprint density at radius 1 is 0.667 bits per heavy atom. The first-order chi connectivity index (χ1) is 25.9. The third kappa shape index (κ3) is 7.03. The number of benzene rings is 5. The summed E-state index contributed by atoms with van der Waals surface area (Å²) in [6, 6.07) is 49.9. The van der Waals surface area contributed by atoms with Crippen LogP contribution < -0.4 is 0 Å². The summed E-state index contributed by atoms with van der Waals surface area (Å²) in [4.78, 5) is 14.2. The molecule has 1 radical (unpaired) electrons. The van der Waals surface area contributed by atoms with E-state index in [1.54, 1.807) is 0 Å². The smallest absolute Gasteiger partial charge is 0.120 e. The van der Waals surface area contributed by atoms with E-state index >= 15 is 0 Å². The Kier molecular flexibility index (Phi) is 10.7. The van der Waals surface area contributed by atoms with Crippen LogP contribution in [0.15, 0.2) is 144 Å². The Bertz CT molecular complexity index is 2610. The molecule has 0 N–H and O–H groups in total. The van der Waals surface area contributed by atoms with Crippen LogP contribution in [0.5, 0.6) is 0 Å². The van der Waals surface area contributed by atoms with Crippen molar-refractivity contribution < 1.29 is 24.5 Å². The van der Waals surface area contributed by atoms with Crippen LogP contribution in [0, 0.1) is 19.1 Å². The molecule has 0 fully saturated rings. The Morgan fingerprint density at radius 3 is 2.15 bits per heavy atom. The molecule has 4 aromatic heterocycles. The van der Waals surface area contributed by atoms with Gasteiger partial charge in [-0.1, -0.05) is 111 Å². The summed E-state index contributed by atoms with van der Waals surface area (Å²) >= 11 is 0. The topological polar surface area (TPSA) is 56.7 Å². The van der Waals surface area contributed by atoms with E-state index in [4.69, 9.17) is 9.40 Å². The van der Waals surface area contributed by atoms with Gasteiger partial charge in [0.2, 0.25) is 0 Å². The van der Waals surface area contributed by atoms with Crippen molar-refractivity contribution in [2.75, 3.05) is 0 Å². The van der Waals surface area contributed by atoms with Gasteiger partial charge in [-0.15, -0.1) is 54.1 Å². The number of aryl methyl sites for hydroxylation is 1. The fourth-order valence-corrected chi connectivity index (χ4v) is 7.04. The van der Waals surface area contributed by atoms with Crippen LogP contribution >= 0.6 is 0 Å². The molecule has 0 saturated carbocycles. The number of furan rings is 1. The summed E-state index contributed by atoms with van der Waals surface area (Å²) in [5.41, 5.74) is 13.5. The SMILES string of the molecule is Cc1cc2nc(-c3[c-]ccc4c3oc3ccccc34)n(-c3c(C(C)C)cccc3C(C)C)c2cn1.[Ir].[c-]1ccccc1-c1cc(-c2ccccc2)ccn1. The zero-order valence-corrected chi connectivity index (χ0v) is 33.4. The summed E-state index contributed by atoms with van der Waals surface area (Å²) in [6.45, 7) is 11.0. The zero-order chi connectivity index (χ0) is 36.5. The molecule has 9 aromatic rings. The Hall–Kier alpha value is -5.68. The normalized spacial score (nSPS) is 11.2. The Balaban J connectivity index is 0.000000200. The second-order valence-corrected chi connectivity index (χ2v) is 13.9. The van der Waals surface area contributed by atoms with Crippen molar-refractivity contribution in [3.63, 3.8) is 0 Å². The number of aromatic nitrogens is 4. The van der Waals surface area contributed by atoms with E-state index in [1.165, 1.54) is 27.9 Å². The first-order valence-electron chi connectivity index (χ1n) is 18.2. The van der Waals surface area contributed by atoms with E-state index in [9.17, 15) is 0 Å². The largest absolute Gasteiger partial charge is 0.501 e. The summed E-state index contributed by atoms with van der Waals surface area (Å²) in [7, 11) is 0. The van der Waals surface area contributed by atoms with Crippen LogP contribution in [0.1, 0.15) is 56.4 Å². The number of nitrogens with zero attached hydrogens (tertiary/aromatic N) is 4. The summed E-state index contributed by atoms with van der Waals surface area (Å²) < 4.78 is 8.69. The van der Waals surface area contributed by atoms with Gasteiger partial charge in [0.05, 0.1) is 28.6 Å². The van der Waals surface area contributed by atoms with Gasteiger partial charge in [-0.05, 0) is 64.9 Å². The second-order valence-electron chi connectivity index (χ2n) is 13.9. The number of pyridine rings is 2. The maximum Gasteiger partial charge on any atom is 0.120 e. The second kappa shape index (κ2) is 15.7. The van der Waals surface area contributed by atoms with E-state index in [0.717, 1.165) is 61.3 Å². The Labute approximate surface area is 330 Å². The Morgan fingerprint density at radius 2 is 1.41 bits per heavy atom. The van der Waals surface area contributed by atoms with E-state index < -0.39 is 0 Å². The molecule has 0 atom stereocenters. The molecular formula is C48H40IrN4O-2. The number of para-hydroxylation sites is 2. The van der Waals surface area contributed by atoms with Gasteiger partial charge in [0.15, 0.2) is 0 Å². The molecule has 6 heteroatoms. The molecule has 0 aliphatic heterocycles. The van der Waals surface area contributed by atoms with Gasteiger partial charge < -0.3 is 14.0 Å². The quantitative estimate of drug-likeness (QED) is 0.156. The van der Waals surface area contributed by atoms with Gasteiger partial charge in [0.1, 0.15) is 5.58 Å². The van der Waals surface area contributed by atoms with Crippen molar-refractivity contribution in [2.24, 2.45) is 0 Å². The van der Waals surface area contributed by atoms with Crippen LogP contribution in [-0.4, -0.2) is 19.5 Å². The van der Waals surface area contributed by atoms with Crippen LogP contribution in [0.4, 0.5) is 0 Å². The number of hydrogen-bond acceptors (Lipinski definition) is 4. The minimum Gasteiger partial charge on any atom is -0.501 e. The van der Waals surface area contributed by atoms with Crippen LogP contribution in [-0.2, 0) is 20.1 Å². The van der Waals surface area contributed by atoms with Gasteiger partial charge in [-0.25, -0.2) is 0 Å². The average molecular weight is 881 g/mol. The van der Waals surface area contributed by atoms with Crippen molar-refractivity contribution in [1.29, 1.82) is 0 Å². The van der Waals surface area contributed by atoms with Crippen molar-refractivity contribution in [3.05, 3.63) is 169 Å². The number of imidazole rings is 1. The number of fused-ring (bicyclic) bond motifs is 4. The fourth-order valence-electron chi connectivity index (χ4n) is 7.04. The molecule has 0 bridgehead atoms.